The van der Waals surface area contributed by atoms with Crippen LogP contribution < -0.4 is 4.74 Å². The molecule has 1 amide bonds. The van der Waals surface area contributed by atoms with Gasteiger partial charge in [-0.05, 0) is 46.8 Å². The summed E-state index contributed by atoms with van der Waals surface area (Å²) in [6.07, 6.45) is -0.615. The van der Waals surface area contributed by atoms with E-state index in [9.17, 15) is 4.79 Å². The maximum atomic E-state index is 12.5. The van der Waals surface area contributed by atoms with Crippen LogP contribution in [-0.4, -0.2) is 29.0 Å². The molecule has 1 aromatic rings. The predicted molar refractivity (Wildman–Crippen MR) is 83.7 cm³/mol. The van der Waals surface area contributed by atoms with Gasteiger partial charge in [-0.2, -0.15) is 0 Å². The molecular weight excluding hydrogens is 297 g/mol. The van der Waals surface area contributed by atoms with Gasteiger partial charge in [0.05, 0.1) is 5.02 Å². The summed E-state index contributed by atoms with van der Waals surface area (Å²) in [5.74, 6) is 0.360. The van der Waals surface area contributed by atoms with Gasteiger partial charge in [0.25, 0.3) is 5.91 Å². The lowest BCUT2D eigenvalue weighted by atomic mass is 10.2. The second-order valence-electron chi connectivity index (χ2n) is 5.25. The van der Waals surface area contributed by atoms with Gasteiger partial charge in [-0.3, -0.25) is 4.79 Å². The molecule has 5 heteroatoms. The van der Waals surface area contributed by atoms with Gasteiger partial charge in [0, 0.05) is 12.1 Å². The van der Waals surface area contributed by atoms with Crippen molar-refractivity contribution in [3.8, 4) is 5.75 Å². The zero-order chi connectivity index (χ0) is 15.4. The normalized spacial score (nSPS) is 12.7. The Hall–Kier alpha value is -0.930. The largest absolute Gasteiger partial charge is 0.479 e. The minimum Gasteiger partial charge on any atom is -0.479 e. The third-order valence-corrected chi connectivity index (χ3v) is 3.74. The van der Waals surface area contributed by atoms with Crippen molar-refractivity contribution in [1.82, 2.24) is 4.90 Å². The molecule has 0 bridgehead atoms. The maximum absolute atomic E-state index is 12.5. The summed E-state index contributed by atoms with van der Waals surface area (Å²) in [6, 6.07) is 5.35. The molecule has 1 unspecified atom stereocenters. The quantitative estimate of drug-likeness (QED) is 0.805. The molecule has 0 aliphatic carbocycles. The van der Waals surface area contributed by atoms with Crippen molar-refractivity contribution >= 4 is 29.1 Å². The number of benzene rings is 1. The maximum Gasteiger partial charge on any atom is 0.263 e. The van der Waals surface area contributed by atoms with E-state index in [2.05, 4.69) is 0 Å². The summed E-state index contributed by atoms with van der Waals surface area (Å²) in [4.78, 5) is 14.2. The first-order valence-electron chi connectivity index (χ1n) is 6.68. The molecule has 1 aromatic carbocycles. The zero-order valence-electron chi connectivity index (χ0n) is 12.5. The highest BCUT2D eigenvalue weighted by Crippen LogP contribution is 2.32. The molecular formula is C15H21Cl2NO2. The van der Waals surface area contributed by atoms with Crippen molar-refractivity contribution in [2.75, 3.05) is 0 Å². The minimum atomic E-state index is -0.615. The number of amides is 1. The number of carbonyl (C=O) groups is 1. The molecule has 1 atom stereocenters. The Labute approximate surface area is 130 Å². The van der Waals surface area contributed by atoms with Crippen LogP contribution in [0, 0.1) is 0 Å². The van der Waals surface area contributed by atoms with Crippen LogP contribution in [-0.2, 0) is 4.79 Å². The van der Waals surface area contributed by atoms with E-state index in [1.807, 2.05) is 27.7 Å². The fourth-order valence-corrected chi connectivity index (χ4v) is 2.47. The number of hydrogen-bond acceptors (Lipinski definition) is 2. The van der Waals surface area contributed by atoms with E-state index in [1.54, 1.807) is 30.0 Å². The average molecular weight is 318 g/mol. The molecule has 0 N–H and O–H groups in total. The van der Waals surface area contributed by atoms with E-state index in [-0.39, 0.29) is 18.0 Å². The molecule has 0 saturated heterocycles. The van der Waals surface area contributed by atoms with E-state index < -0.39 is 6.10 Å². The van der Waals surface area contributed by atoms with Crippen molar-refractivity contribution in [2.24, 2.45) is 0 Å². The Bertz CT molecular complexity index is 467. The molecule has 0 aliphatic heterocycles. The number of halogens is 2. The van der Waals surface area contributed by atoms with Gasteiger partial charge in [0.1, 0.15) is 10.8 Å². The highest BCUT2D eigenvalue weighted by molar-refractivity contribution is 6.42. The lowest BCUT2D eigenvalue weighted by Crippen LogP contribution is -2.48. The van der Waals surface area contributed by atoms with Crippen LogP contribution >= 0.6 is 23.2 Å². The second-order valence-corrected chi connectivity index (χ2v) is 6.03. The minimum absolute atomic E-state index is 0.0638. The van der Waals surface area contributed by atoms with Crippen LogP contribution in [0.2, 0.25) is 10.0 Å². The molecule has 0 fully saturated rings. The lowest BCUT2D eigenvalue weighted by Gasteiger charge is -2.33. The van der Waals surface area contributed by atoms with Gasteiger partial charge in [0.2, 0.25) is 0 Å². The Morgan fingerprint density at radius 3 is 2.15 bits per heavy atom. The lowest BCUT2D eigenvalue weighted by molar-refractivity contribution is -0.141. The van der Waals surface area contributed by atoms with Gasteiger partial charge in [-0.15, -0.1) is 0 Å². The van der Waals surface area contributed by atoms with Gasteiger partial charge >= 0.3 is 0 Å². The topological polar surface area (TPSA) is 29.5 Å². The summed E-state index contributed by atoms with van der Waals surface area (Å²) in [6.45, 7) is 9.65. The molecule has 0 spiro atoms. The van der Waals surface area contributed by atoms with Crippen LogP contribution in [0.4, 0.5) is 0 Å². The smallest absolute Gasteiger partial charge is 0.263 e. The molecule has 0 aromatic heterocycles. The predicted octanol–water partition coefficient (Wildman–Crippen LogP) is 4.41. The molecule has 0 saturated carbocycles. The summed E-state index contributed by atoms with van der Waals surface area (Å²) in [7, 11) is 0. The van der Waals surface area contributed by atoms with Crippen molar-refractivity contribution in [3.05, 3.63) is 28.2 Å². The van der Waals surface area contributed by atoms with E-state index >= 15 is 0 Å². The van der Waals surface area contributed by atoms with Crippen LogP contribution in [0.15, 0.2) is 18.2 Å². The Kier molecular flexibility index (Phi) is 6.15. The van der Waals surface area contributed by atoms with Crippen molar-refractivity contribution in [3.63, 3.8) is 0 Å². The number of carbonyl (C=O) groups excluding carboxylic acids is 1. The monoisotopic (exact) mass is 317 g/mol. The van der Waals surface area contributed by atoms with E-state index in [0.717, 1.165) is 0 Å². The van der Waals surface area contributed by atoms with E-state index in [4.69, 9.17) is 27.9 Å². The van der Waals surface area contributed by atoms with Crippen LogP contribution in [0.1, 0.15) is 34.6 Å². The van der Waals surface area contributed by atoms with Crippen LogP contribution in [0.5, 0.6) is 5.75 Å². The Morgan fingerprint density at radius 2 is 1.65 bits per heavy atom. The number of hydrogen-bond donors (Lipinski definition) is 0. The molecule has 0 aliphatic rings. The van der Waals surface area contributed by atoms with Crippen molar-refractivity contribution in [2.45, 2.75) is 52.8 Å². The number of ether oxygens (including phenoxy) is 1. The molecule has 1 rings (SSSR count). The van der Waals surface area contributed by atoms with E-state index in [1.165, 1.54) is 0 Å². The van der Waals surface area contributed by atoms with Crippen molar-refractivity contribution < 1.29 is 9.53 Å². The van der Waals surface area contributed by atoms with E-state index in [0.29, 0.717) is 15.8 Å². The SMILES string of the molecule is CC(Oc1cccc(Cl)c1Cl)C(=O)N(C(C)C)C(C)C. The number of rotatable bonds is 5. The van der Waals surface area contributed by atoms with Gasteiger partial charge < -0.3 is 9.64 Å². The molecule has 0 radical (unpaired) electrons. The highest BCUT2D eigenvalue weighted by Gasteiger charge is 2.26. The zero-order valence-corrected chi connectivity index (χ0v) is 14.0. The first kappa shape index (κ1) is 17.1. The van der Waals surface area contributed by atoms with Crippen molar-refractivity contribution in [1.29, 1.82) is 0 Å². The summed E-state index contributed by atoms with van der Waals surface area (Å²) < 4.78 is 5.66. The van der Waals surface area contributed by atoms with Gasteiger partial charge in [0.15, 0.2) is 6.10 Å². The third-order valence-electron chi connectivity index (χ3n) is 2.93. The first-order chi connectivity index (χ1) is 9.25. The Balaban J connectivity index is 2.87. The van der Waals surface area contributed by atoms with Gasteiger partial charge in [-0.25, -0.2) is 0 Å². The average Bonchev–Trinajstić information content (AvgIpc) is 2.33. The fraction of sp³-hybridized carbons (Fsp3) is 0.533. The summed E-state index contributed by atoms with van der Waals surface area (Å²) >= 11 is 12.0. The van der Waals surface area contributed by atoms with Crippen LogP contribution in [0.25, 0.3) is 0 Å². The number of nitrogens with zero attached hydrogens (tertiary/aromatic N) is 1. The summed E-state index contributed by atoms with van der Waals surface area (Å²) in [5, 5.41) is 0.739. The summed E-state index contributed by atoms with van der Waals surface area (Å²) in [5.41, 5.74) is 0. The standard InChI is InChI=1S/C15H21Cl2NO2/c1-9(2)18(10(3)4)15(19)11(5)20-13-8-6-7-12(16)14(13)17/h6-11H,1-5H3. The Morgan fingerprint density at radius 1 is 1.10 bits per heavy atom. The molecule has 112 valence electrons. The van der Waals surface area contributed by atoms with Gasteiger partial charge in [-0.1, -0.05) is 29.3 Å². The highest BCUT2D eigenvalue weighted by atomic mass is 35.5. The molecule has 0 heterocycles. The molecule has 20 heavy (non-hydrogen) atoms. The fourth-order valence-electron chi connectivity index (χ4n) is 2.13. The third kappa shape index (κ3) is 4.03. The van der Waals surface area contributed by atoms with Crippen LogP contribution in [0.3, 0.4) is 0 Å². The molecule has 3 nitrogen and oxygen atoms in total. The first-order valence-corrected chi connectivity index (χ1v) is 7.44. The second kappa shape index (κ2) is 7.19.